The molecule has 2 heteroatoms. The van der Waals surface area contributed by atoms with Crippen molar-refractivity contribution >= 4 is 5.78 Å². The first-order valence-corrected chi connectivity index (χ1v) is 13.0. The van der Waals surface area contributed by atoms with E-state index in [2.05, 4.69) is 32.9 Å². The van der Waals surface area contributed by atoms with Crippen LogP contribution in [0.25, 0.3) is 0 Å². The average Bonchev–Trinajstić information content (AvgIpc) is 3.10. The van der Waals surface area contributed by atoms with Crippen molar-refractivity contribution in [3.8, 4) is 6.07 Å². The van der Waals surface area contributed by atoms with Gasteiger partial charge in [0.1, 0.15) is 0 Å². The highest BCUT2D eigenvalue weighted by atomic mass is 16.1. The maximum atomic E-state index is 12.3. The molecule has 0 heterocycles. The second kappa shape index (κ2) is 8.80. The van der Waals surface area contributed by atoms with Gasteiger partial charge in [0.25, 0.3) is 0 Å². The van der Waals surface area contributed by atoms with Crippen LogP contribution in [0.5, 0.6) is 0 Å². The first-order chi connectivity index (χ1) is 14.4. The predicted octanol–water partition coefficient (Wildman–Crippen LogP) is 7.63. The lowest BCUT2D eigenvalue weighted by atomic mass is 9.44. The Morgan fingerprint density at radius 3 is 2.77 bits per heavy atom. The number of nitrogens with zero attached hydrogens (tertiary/aromatic N) is 1. The van der Waals surface area contributed by atoms with E-state index in [1.807, 2.05) is 0 Å². The fraction of sp³-hybridized carbons (Fsp3) is 0.857. The van der Waals surface area contributed by atoms with E-state index >= 15 is 0 Å². The molecule has 0 aliphatic heterocycles. The van der Waals surface area contributed by atoms with Gasteiger partial charge in [0, 0.05) is 12.8 Å². The molecule has 0 aromatic carbocycles. The molecule has 3 fully saturated rings. The van der Waals surface area contributed by atoms with Gasteiger partial charge in [0.05, 0.1) is 6.07 Å². The zero-order chi connectivity index (χ0) is 21.4. The van der Waals surface area contributed by atoms with Crippen molar-refractivity contribution in [3.63, 3.8) is 0 Å². The third-order valence-electron chi connectivity index (χ3n) is 10.1. The van der Waals surface area contributed by atoms with Crippen LogP contribution in [0.15, 0.2) is 11.6 Å². The smallest absolute Gasteiger partial charge is 0.155 e. The van der Waals surface area contributed by atoms with Crippen LogP contribution in [-0.4, -0.2) is 5.78 Å². The lowest BCUT2D eigenvalue weighted by molar-refractivity contribution is -0.118. The molecule has 0 saturated heterocycles. The largest absolute Gasteiger partial charge is 0.295 e. The molecule has 0 amide bonds. The number of fused-ring (bicyclic) bond motifs is 5. The number of hydrogen-bond acceptors (Lipinski definition) is 2. The standard InChI is InChI=1S/C28H43NO/c1-20(9-6-4-5-7-16-29)17-21-18-22-19-23(30)11-15-28(22,3)25-12-14-27(2)13-8-10-24(27)26(21)25/h19-21,24-26H,4-15,17-18H2,1-3H3/t20?,21-,24+,25+,26+,27+,28+/m1/s1. The molecule has 0 N–H and O–H groups in total. The Bertz CT molecular complexity index is 717. The monoisotopic (exact) mass is 409 g/mol. The van der Waals surface area contributed by atoms with Gasteiger partial charge in [-0.1, -0.05) is 52.0 Å². The Kier molecular flexibility index (Phi) is 6.48. The molecular formula is C28H43NO. The zero-order valence-corrected chi connectivity index (χ0v) is 19.7. The van der Waals surface area contributed by atoms with Gasteiger partial charge in [-0.05, 0) is 97.9 Å². The highest BCUT2D eigenvalue weighted by Crippen LogP contribution is 2.67. The van der Waals surface area contributed by atoms with Gasteiger partial charge in [0.15, 0.2) is 5.78 Å². The quantitative estimate of drug-likeness (QED) is 0.405. The Hall–Kier alpha value is -1.10. The molecule has 4 rings (SSSR count). The number of allylic oxidation sites excluding steroid dienone is 1. The molecule has 0 bridgehead atoms. The van der Waals surface area contributed by atoms with Crippen LogP contribution in [0.2, 0.25) is 0 Å². The van der Waals surface area contributed by atoms with E-state index < -0.39 is 0 Å². The van der Waals surface area contributed by atoms with Crippen molar-refractivity contribution in [1.82, 2.24) is 0 Å². The number of carbonyl (C=O) groups is 1. The van der Waals surface area contributed by atoms with Gasteiger partial charge in [-0.2, -0.15) is 5.26 Å². The molecule has 3 saturated carbocycles. The highest BCUT2D eigenvalue weighted by Gasteiger charge is 2.58. The summed E-state index contributed by atoms with van der Waals surface area (Å²) in [4.78, 5) is 12.3. The molecule has 2 nitrogen and oxygen atoms in total. The van der Waals surface area contributed by atoms with E-state index in [4.69, 9.17) is 5.26 Å². The summed E-state index contributed by atoms with van der Waals surface area (Å²) >= 11 is 0. The summed E-state index contributed by atoms with van der Waals surface area (Å²) in [5, 5.41) is 8.75. The molecule has 166 valence electrons. The molecule has 1 unspecified atom stereocenters. The van der Waals surface area contributed by atoms with Crippen LogP contribution < -0.4 is 0 Å². The first-order valence-electron chi connectivity index (χ1n) is 13.0. The van der Waals surface area contributed by atoms with E-state index in [0.29, 0.717) is 23.0 Å². The second-order valence-corrected chi connectivity index (χ2v) is 12.0. The minimum absolute atomic E-state index is 0.291. The number of carbonyl (C=O) groups excluding carboxylic acids is 1. The highest BCUT2D eigenvalue weighted by molar-refractivity contribution is 5.91. The van der Waals surface area contributed by atoms with Crippen LogP contribution in [-0.2, 0) is 4.79 Å². The Morgan fingerprint density at radius 2 is 1.97 bits per heavy atom. The van der Waals surface area contributed by atoms with E-state index in [1.54, 1.807) is 0 Å². The number of unbranched alkanes of at least 4 members (excludes halogenated alkanes) is 3. The van der Waals surface area contributed by atoms with Crippen LogP contribution in [0, 0.1) is 51.8 Å². The lowest BCUT2D eigenvalue weighted by Gasteiger charge is -2.60. The molecule has 30 heavy (non-hydrogen) atoms. The SMILES string of the molecule is CC(CCCCCC#N)C[C@@H]1CC2=CC(=O)CC[C@]2(C)[C@H]2CC[C@]3(C)CCC[C@H]3[C@H]12. The first kappa shape index (κ1) is 22.1. The van der Waals surface area contributed by atoms with Crippen LogP contribution >= 0.6 is 0 Å². The molecule has 0 aromatic rings. The van der Waals surface area contributed by atoms with Crippen LogP contribution in [0.3, 0.4) is 0 Å². The minimum Gasteiger partial charge on any atom is -0.295 e. The summed E-state index contributed by atoms with van der Waals surface area (Å²) in [6.45, 7) is 7.59. The summed E-state index contributed by atoms with van der Waals surface area (Å²) in [5.74, 6) is 4.51. The third-order valence-corrected chi connectivity index (χ3v) is 10.1. The van der Waals surface area contributed by atoms with Gasteiger partial charge in [-0.3, -0.25) is 4.79 Å². The molecule has 0 radical (unpaired) electrons. The number of ketones is 1. The van der Waals surface area contributed by atoms with E-state index in [1.165, 1.54) is 69.8 Å². The van der Waals surface area contributed by atoms with Crippen LogP contribution in [0.4, 0.5) is 0 Å². The van der Waals surface area contributed by atoms with E-state index in [-0.39, 0.29) is 0 Å². The average molecular weight is 410 g/mol. The van der Waals surface area contributed by atoms with Gasteiger partial charge in [0.2, 0.25) is 0 Å². The maximum Gasteiger partial charge on any atom is 0.155 e. The van der Waals surface area contributed by atoms with Gasteiger partial charge in [-0.15, -0.1) is 0 Å². The van der Waals surface area contributed by atoms with Crippen molar-refractivity contribution in [2.75, 3.05) is 0 Å². The molecular weight excluding hydrogens is 366 g/mol. The number of nitriles is 1. The molecule has 4 aliphatic rings. The van der Waals surface area contributed by atoms with Gasteiger partial charge < -0.3 is 0 Å². The lowest BCUT2D eigenvalue weighted by Crippen LogP contribution is -2.53. The summed E-state index contributed by atoms with van der Waals surface area (Å²) in [7, 11) is 0. The fourth-order valence-corrected chi connectivity index (χ4v) is 8.44. The topological polar surface area (TPSA) is 40.9 Å². The molecule has 7 atom stereocenters. The number of rotatable bonds is 7. The minimum atomic E-state index is 0.291. The predicted molar refractivity (Wildman–Crippen MR) is 123 cm³/mol. The third kappa shape index (κ3) is 4.03. The Labute approximate surface area is 184 Å². The summed E-state index contributed by atoms with van der Waals surface area (Å²) in [6, 6.07) is 2.28. The summed E-state index contributed by atoms with van der Waals surface area (Å²) in [5.41, 5.74) is 2.40. The van der Waals surface area contributed by atoms with Crippen molar-refractivity contribution in [1.29, 1.82) is 5.26 Å². The van der Waals surface area contributed by atoms with Crippen molar-refractivity contribution < 1.29 is 4.79 Å². The van der Waals surface area contributed by atoms with Gasteiger partial charge in [-0.25, -0.2) is 0 Å². The van der Waals surface area contributed by atoms with Crippen molar-refractivity contribution in [3.05, 3.63) is 11.6 Å². The second-order valence-electron chi connectivity index (χ2n) is 12.0. The summed E-state index contributed by atoms with van der Waals surface area (Å²) in [6.07, 6.45) is 19.2. The summed E-state index contributed by atoms with van der Waals surface area (Å²) < 4.78 is 0. The molecule has 0 aromatic heterocycles. The zero-order valence-electron chi connectivity index (χ0n) is 19.7. The van der Waals surface area contributed by atoms with Gasteiger partial charge >= 0.3 is 0 Å². The van der Waals surface area contributed by atoms with E-state index in [9.17, 15) is 4.79 Å². The maximum absolute atomic E-state index is 12.3. The van der Waals surface area contributed by atoms with E-state index in [0.717, 1.165) is 48.9 Å². The van der Waals surface area contributed by atoms with Crippen molar-refractivity contribution in [2.45, 2.75) is 111 Å². The van der Waals surface area contributed by atoms with Crippen LogP contribution in [0.1, 0.15) is 111 Å². The Morgan fingerprint density at radius 1 is 1.13 bits per heavy atom. The normalized spacial score (nSPS) is 41.3. The van der Waals surface area contributed by atoms with Crippen molar-refractivity contribution in [2.24, 2.45) is 40.4 Å². The fourth-order valence-electron chi connectivity index (χ4n) is 8.44. The molecule has 0 spiro atoms. The molecule has 4 aliphatic carbocycles. The Balaban J connectivity index is 1.52. The number of hydrogen-bond donors (Lipinski definition) is 0.